The van der Waals surface area contributed by atoms with Crippen LogP contribution in [0.3, 0.4) is 0 Å². The van der Waals surface area contributed by atoms with E-state index in [2.05, 4.69) is 15.5 Å². The Labute approximate surface area is 200 Å². The van der Waals surface area contributed by atoms with E-state index in [4.69, 9.17) is 17.0 Å². The molecule has 1 aliphatic rings. The first-order valence-electron chi connectivity index (χ1n) is 10.9. The molecule has 10 heteroatoms. The zero-order chi connectivity index (χ0) is 24.1. The first-order chi connectivity index (χ1) is 16.3. The summed E-state index contributed by atoms with van der Waals surface area (Å²) >= 11 is 5.35. The van der Waals surface area contributed by atoms with E-state index < -0.39 is 17.3 Å². The standard InChI is InChI=1S/C24H25F3N4O2S/c25-24(26,27)20-15-22(32)31(21-4-2-1-3-19(20)21)16-17-5-7-18(8-6-17)29-23(34)28-9-10-30-11-13-33-14-12-30/h1-8,15H,9-14,16H2,(H2,28,29,34). The molecule has 6 nitrogen and oxygen atoms in total. The van der Waals surface area contributed by atoms with Crippen molar-refractivity contribution in [2.75, 3.05) is 44.7 Å². The number of rotatable bonds is 6. The topological polar surface area (TPSA) is 58.5 Å². The number of aromatic nitrogens is 1. The molecule has 1 aromatic heterocycles. The molecule has 0 radical (unpaired) electrons. The number of halogens is 3. The number of ether oxygens (including phenoxy) is 1. The summed E-state index contributed by atoms with van der Waals surface area (Å²) in [4.78, 5) is 14.9. The highest BCUT2D eigenvalue weighted by molar-refractivity contribution is 7.80. The van der Waals surface area contributed by atoms with E-state index in [1.807, 2.05) is 24.3 Å². The SMILES string of the molecule is O=c1cc(C(F)(F)F)c2ccccc2n1Cc1ccc(NC(=S)NCCN2CCOCC2)cc1. The minimum atomic E-state index is -4.60. The Bertz CT molecular complexity index is 1210. The fraction of sp³-hybridized carbons (Fsp3) is 0.333. The van der Waals surface area contributed by atoms with Crippen LogP contribution in [0.15, 0.2) is 59.4 Å². The van der Waals surface area contributed by atoms with Gasteiger partial charge in [-0.2, -0.15) is 13.2 Å². The Balaban J connectivity index is 1.40. The highest BCUT2D eigenvalue weighted by Crippen LogP contribution is 2.33. The quantitative estimate of drug-likeness (QED) is 0.514. The highest BCUT2D eigenvalue weighted by atomic mass is 32.1. The number of pyridine rings is 1. The number of fused-ring (bicyclic) bond motifs is 1. The van der Waals surface area contributed by atoms with Crippen LogP contribution < -0.4 is 16.2 Å². The fourth-order valence-corrected chi connectivity index (χ4v) is 4.16. The summed E-state index contributed by atoms with van der Waals surface area (Å²) in [5.41, 5.74) is 0.188. The van der Waals surface area contributed by atoms with Gasteiger partial charge in [0.05, 0.1) is 30.8 Å². The van der Waals surface area contributed by atoms with Gasteiger partial charge in [-0.3, -0.25) is 9.69 Å². The molecule has 0 unspecified atom stereocenters. The zero-order valence-electron chi connectivity index (χ0n) is 18.4. The molecule has 1 saturated heterocycles. The lowest BCUT2D eigenvalue weighted by Crippen LogP contribution is -2.42. The molecule has 3 aromatic rings. The van der Waals surface area contributed by atoms with Crippen LogP contribution in [0, 0.1) is 0 Å². The van der Waals surface area contributed by atoms with Crippen LogP contribution in [-0.4, -0.2) is 54.0 Å². The molecule has 180 valence electrons. The molecule has 0 amide bonds. The second-order valence-corrected chi connectivity index (χ2v) is 8.44. The minimum absolute atomic E-state index is 0.00129. The summed E-state index contributed by atoms with van der Waals surface area (Å²) in [6.45, 7) is 5.09. The average molecular weight is 491 g/mol. The van der Waals surface area contributed by atoms with Crippen molar-refractivity contribution in [3.05, 3.63) is 76.1 Å². The van der Waals surface area contributed by atoms with Gasteiger partial charge in [0.25, 0.3) is 5.56 Å². The van der Waals surface area contributed by atoms with Crippen molar-refractivity contribution < 1.29 is 17.9 Å². The Morgan fingerprint density at radius 3 is 2.47 bits per heavy atom. The van der Waals surface area contributed by atoms with Crippen molar-refractivity contribution >= 4 is 33.9 Å². The van der Waals surface area contributed by atoms with Gasteiger partial charge in [0.1, 0.15) is 0 Å². The first kappa shape index (κ1) is 24.2. The van der Waals surface area contributed by atoms with Gasteiger partial charge in [0.2, 0.25) is 0 Å². The van der Waals surface area contributed by atoms with E-state index in [0.717, 1.165) is 44.1 Å². The summed E-state index contributed by atoms with van der Waals surface area (Å²) < 4.78 is 46.9. The summed E-state index contributed by atoms with van der Waals surface area (Å²) in [5, 5.41) is 6.80. The second kappa shape index (κ2) is 10.5. The normalized spacial score (nSPS) is 14.8. The van der Waals surface area contributed by atoms with Crippen LogP contribution in [-0.2, 0) is 17.5 Å². The van der Waals surface area contributed by atoms with E-state index in [-0.39, 0.29) is 17.4 Å². The second-order valence-electron chi connectivity index (χ2n) is 8.03. The Hall–Kier alpha value is -2.95. The highest BCUT2D eigenvalue weighted by Gasteiger charge is 2.33. The van der Waals surface area contributed by atoms with Gasteiger partial charge in [0, 0.05) is 43.3 Å². The van der Waals surface area contributed by atoms with Crippen LogP contribution in [0.1, 0.15) is 11.1 Å². The summed E-state index contributed by atoms with van der Waals surface area (Å²) in [7, 11) is 0. The van der Waals surface area contributed by atoms with Crippen LogP contribution in [0.25, 0.3) is 10.9 Å². The molecule has 0 spiro atoms. The number of nitrogens with one attached hydrogen (secondary N) is 2. The Kier molecular flexibility index (Phi) is 7.50. The molecule has 0 atom stereocenters. The van der Waals surface area contributed by atoms with E-state index in [0.29, 0.717) is 17.7 Å². The maximum atomic E-state index is 13.4. The third-order valence-electron chi connectivity index (χ3n) is 5.69. The molecule has 4 rings (SSSR count). The van der Waals surface area contributed by atoms with Crippen molar-refractivity contribution in [1.29, 1.82) is 0 Å². The van der Waals surface area contributed by atoms with Crippen molar-refractivity contribution in [2.24, 2.45) is 0 Å². The number of benzene rings is 2. The number of hydrogen-bond acceptors (Lipinski definition) is 4. The van der Waals surface area contributed by atoms with Crippen LogP contribution in [0.5, 0.6) is 0 Å². The number of nitrogens with zero attached hydrogens (tertiary/aromatic N) is 2. The predicted molar refractivity (Wildman–Crippen MR) is 130 cm³/mol. The lowest BCUT2D eigenvalue weighted by atomic mass is 10.1. The number of para-hydroxylation sites is 1. The van der Waals surface area contributed by atoms with Crippen LogP contribution >= 0.6 is 12.2 Å². The van der Waals surface area contributed by atoms with Gasteiger partial charge in [0.15, 0.2) is 5.11 Å². The molecule has 2 N–H and O–H groups in total. The lowest BCUT2D eigenvalue weighted by molar-refractivity contribution is -0.136. The van der Waals surface area contributed by atoms with E-state index >= 15 is 0 Å². The average Bonchev–Trinajstić information content (AvgIpc) is 2.82. The molecule has 0 aliphatic carbocycles. The number of hydrogen-bond donors (Lipinski definition) is 2. The van der Waals surface area contributed by atoms with Crippen LogP contribution in [0.4, 0.5) is 18.9 Å². The van der Waals surface area contributed by atoms with Crippen LogP contribution in [0.2, 0.25) is 0 Å². The minimum Gasteiger partial charge on any atom is -0.379 e. The first-order valence-corrected chi connectivity index (χ1v) is 11.4. The van der Waals surface area contributed by atoms with Crippen molar-refractivity contribution in [1.82, 2.24) is 14.8 Å². The van der Waals surface area contributed by atoms with Gasteiger partial charge >= 0.3 is 6.18 Å². The third kappa shape index (κ3) is 5.94. The fourth-order valence-electron chi connectivity index (χ4n) is 3.94. The molecule has 2 heterocycles. The van der Waals surface area contributed by atoms with Gasteiger partial charge < -0.3 is 19.9 Å². The largest absolute Gasteiger partial charge is 0.417 e. The Morgan fingerprint density at radius 1 is 1.06 bits per heavy atom. The van der Waals surface area contributed by atoms with Gasteiger partial charge in [-0.15, -0.1) is 0 Å². The van der Waals surface area contributed by atoms with Gasteiger partial charge in [-0.05, 0) is 36.0 Å². The lowest BCUT2D eigenvalue weighted by Gasteiger charge is -2.26. The molecule has 1 aliphatic heterocycles. The number of thiocarbonyl (C=S) groups is 1. The van der Waals surface area contributed by atoms with E-state index in [9.17, 15) is 18.0 Å². The number of morpholine rings is 1. The molecule has 1 fully saturated rings. The van der Waals surface area contributed by atoms with E-state index in [1.54, 1.807) is 6.07 Å². The third-order valence-corrected chi connectivity index (χ3v) is 5.94. The van der Waals surface area contributed by atoms with Crippen molar-refractivity contribution in [3.63, 3.8) is 0 Å². The predicted octanol–water partition coefficient (Wildman–Crippen LogP) is 3.69. The molecule has 34 heavy (non-hydrogen) atoms. The van der Waals surface area contributed by atoms with Crippen molar-refractivity contribution in [3.8, 4) is 0 Å². The summed E-state index contributed by atoms with van der Waals surface area (Å²) in [5.74, 6) is 0. The Morgan fingerprint density at radius 2 is 1.76 bits per heavy atom. The van der Waals surface area contributed by atoms with E-state index in [1.165, 1.54) is 22.8 Å². The van der Waals surface area contributed by atoms with Crippen molar-refractivity contribution in [2.45, 2.75) is 12.7 Å². The summed E-state index contributed by atoms with van der Waals surface area (Å²) in [6, 6.07) is 14.0. The molecule has 0 saturated carbocycles. The monoisotopic (exact) mass is 490 g/mol. The zero-order valence-corrected chi connectivity index (χ0v) is 19.2. The number of alkyl halides is 3. The maximum Gasteiger partial charge on any atom is 0.417 e. The molecular formula is C24H25F3N4O2S. The number of anilines is 1. The van der Waals surface area contributed by atoms with Gasteiger partial charge in [-0.25, -0.2) is 0 Å². The molecule has 2 aromatic carbocycles. The molecule has 0 bridgehead atoms. The smallest absolute Gasteiger partial charge is 0.379 e. The van der Waals surface area contributed by atoms with Gasteiger partial charge in [-0.1, -0.05) is 30.3 Å². The summed E-state index contributed by atoms with van der Waals surface area (Å²) in [6.07, 6.45) is -4.60. The molecular weight excluding hydrogens is 465 g/mol. The maximum absolute atomic E-state index is 13.4.